The van der Waals surface area contributed by atoms with Gasteiger partial charge in [0.1, 0.15) is 11.5 Å². The molecule has 0 atom stereocenters. The van der Waals surface area contributed by atoms with Gasteiger partial charge >= 0.3 is 0 Å². The van der Waals surface area contributed by atoms with E-state index in [1.54, 1.807) is 13.1 Å². The highest BCUT2D eigenvalue weighted by molar-refractivity contribution is 5.77. The van der Waals surface area contributed by atoms with E-state index in [1.165, 1.54) is 0 Å². The summed E-state index contributed by atoms with van der Waals surface area (Å²) in [5.41, 5.74) is 0.773. The monoisotopic (exact) mass is 266 g/mol. The number of hydrogen-bond donors (Lipinski definition) is 2. The number of likely N-dealkylation sites (N-methyl/N-ethyl adjacent to an activating group) is 2. The van der Waals surface area contributed by atoms with Gasteiger partial charge in [-0.15, -0.1) is 0 Å². The quantitative estimate of drug-likeness (QED) is 0.782. The number of carbonyl (C=O) groups is 1. The molecule has 2 N–H and O–H groups in total. The molecule has 5 nitrogen and oxygen atoms in total. The van der Waals surface area contributed by atoms with Gasteiger partial charge in [-0.3, -0.25) is 9.69 Å². The summed E-state index contributed by atoms with van der Waals surface area (Å²) < 4.78 is 5.44. The lowest BCUT2D eigenvalue weighted by Gasteiger charge is -2.16. The van der Waals surface area contributed by atoms with Crippen LogP contribution in [0.5, 0.6) is 11.5 Å². The number of nitrogens with zero attached hydrogens (tertiary/aromatic N) is 1. The van der Waals surface area contributed by atoms with Crippen molar-refractivity contribution in [3.05, 3.63) is 23.8 Å². The van der Waals surface area contributed by atoms with E-state index in [9.17, 15) is 9.90 Å². The van der Waals surface area contributed by atoms with Crippen LogP contribution >= 0.6 is 0 Å². The molecule has 0 radical (unpaired) electrons. The third kappa shape index (κ3) is 5.18. The van der Waals surface area contributed by atoms with Gasteiger partial charge < -0.3 is 15.2 Å². The third-order valence-electron chi connectivity index (χ3n) is 2.66. The van der Waals surface area contributed by atoms with Crippen LogP contribution in [-0.2, 0) is 11.3 Å². The van der Waals surface area contributed by atoms with Crippen molar-refractivity contribution in [3.63, 3.8) is 0 Å². The fraction of sp³-hybridized carbons (Fsp3) is 0.500. The summed E-state index contributed by atoms with van der Waals surface area (Å²) in [6.07, 6.45) is 0.928. The van der Waals surface area contributed by atoms with Crippen LogP contribution < -0.4 is 10.1 Å². The summed E-state index contributed by atoms with van der Waals surface area (Å²) in [6.45, 7) is 3.47. The maximum atomic E-state index is 11.2. The molecule has 1 rings (SSSR count). The number of ether oxygens (including phenoxy) is 1. The number of hydrogen-bond acceptors (Lipinski definition) is 4. The summed E-state index contributed by atoms with van der Waals surface area (Å²) in [5.74, 6) is 0.805. The van der Waals surface area contributed by atoms with E-state index >= 15 is 0 Å². The van der Waals surface area contributed by atoms with Crippen molar-refractivity contribution in [1.29, 1.82) is 0 Å². The molecule has 0 aliphatic heterocycles. The average molecular weight is 266 g/mol. The summed E-state index contributed by atoms with van der Waals surface area (Å²) >= 11 is 0. The number of benzene rings is 1. The van der Waals surface area contributed by atoms with Gasteiger partial charge in [0, 0.05) is 25.2 Å². The molecule has 0 aliphatic carbocycles. The number of rotatable bonds is 7. The van der Waals surface area contributed by atoms with Crippen molar-refractivity contribution >= 4 is 5.91 Å². The van der Waals surface area contributed by atoms with Crippen LogP contribution in [0.4, 0.5) is 0 Å². The molecule has 1 aromatic rings. The number of aromatic hydroxyl groups is 1. The molecule has 0 bridgehead atoms. The molecule has 5 heteroatoms. The van der Waals surface area contributed by atoms with Gasteiger partial charge in [-0.05, 0) is 19.5 Å². The van der Waals surface area contributed by atoms with E-state index in [0.29, 0.717) is 25.4 Å². The van der Waals surface area contributed by atoms with Crippen LogP contribution in [0.25, 0.3) is 0 Å². The van der Waals surface area contributed by atoms with Gasteiger partial charge in [-0.25, -0.2) is 0 Å². The highest BCUT2D eigenvalue weighted by Gasteiger charge is 2.09. The Labute approximate surface area is 114 Å². The SMILES string of the molecule is CCCOc1ccc(CN(C)CC(=O)NC)c(O)c1. The van der Waals surface area contributed by atoms with Gasteiger partial charge in [0.2, 0.25) is 5.91 Å². The zero-order chi connectivity index (χ0) is 14.3. The fourth-order valence-corrected chi connectivity index (χ4v) is 1.66. The molecule has 0 aromatic heterocycles. The summed E-state index contributed by atoms with van der Waals surface area (Å²) in [7, 11) is 3.43. The molecule has 0 fully saturated rings. The van der Waals surface area contributed by atoms with E-state index in [-0.39, 0.29) is 11.7 Å². The Morgan fingerprint density at radius 2 is 2.21 bits per heavy atom. The number of phenols is 1. The van der Waals surface area contributed by atoms with Crippen molar-refractivity contribution in [3.8, 4) is 11.5 Å². The maximum Gasteiger partial charge on any atom is 0.233 e. The number of carbonyl (C=O) groups excluding carboxylic acids is 1. The van der Waals surface area contributed by atoms with Crippen LogP contribution in [0.15, 0.2) is 18.2 Å². The van der Waals surface area contributed by atoms with Crippen LogP contribution in [0, 0.1) is 0 Å². The molecule has 0 aliphatic rings. The maximum absolute atomic E-state index is 11.2. The molecular formula is C14H22N2O3. The standard InChI is InChI=1S/C14H22N2O3/c1-4-7-19-12-6-5-11(13(17)8-12)9-16(3)10-14(18)15-2/h5-6,8,17H,4,7,9-10H2,1-3H3,(H,15,18). The van der Waals surface area contributed by atoms with E-state index in [1.807, 2.05) is 31.0 Å². The Bertz CT molecular complexity index is 421. The minimum atomic E-state index is -0.0510. The first kappa shape index (κ1) is 15.3. The van der Waals surface area contributed by atoms with E-state index < -0.39 is 0 Å². The smallest absolute Gasteiger partial charge is 0.233 e. The fourth-order valence-electron chi connectivity index (χ4n) is 1.66. The highest BCUT2D eigenvalue weighted by atomic mass is 16.5. The summed E-state index contributed by atoms with van der Waals surface area (Å²) in [4.78, 5) is 13.1. The van der Waals surface area contributed by atoms with Crippen molar-refractivity contribution in [1.82, 2.24) is 10.2 Å². The van der Waals surface area contributed by atoms with Crippen molar-refractivity contribution in [2.45, 2.75) is 19.9 Å². The Hall–Kier alpha value is -1.75. The molecule has 106 valence electrons. The molecule has 0 saturated heterocycles. The van der Waals surface area contributed by atoms with Crippen molar-refractivity contribution < 1.29 is 14.6 Å². The summed E-state index contributed by atoms with van der Waals surface area (Å²) in [6, 6.07) is 5.26. The minimum absolute atomic E-state index is 0.0510. The predicted molar refractivity (Wildman–Crippen MR) is 74.3 cm³/mol. The lowest BCUT2D eigenvalue weighted by atomic mass is 10.2. The molecule has 1 amide bonds. The third-order valence-corrected chi connectivity index (χ3v) is 2.66. The second-order valence-electron chi connectivity index (χ2n) is 4.48. The zero-order valence-corrected chi connectivity index (χ0v) is 11.8. The van der Waals surface area contributed by atoms with Gasteiger partial charge in [0.05, 0.1) is 13.2 Å². The highest BCUT2D eigenvalue weighted by Crippen LogP contribution is 2.24. The number of nitrogens with one attached hydrogen (secondary N) is 1. The first-order valence-corrected chi connectivity index (χ1v) is 6.40. The second kappa shape index (κ2) is 7.63. The molecule has 0 spiro atoms. The van der Waals surface area contributed by atoms with Crippen LogP contribution in [0.2, 0.25) is 0 Å². The largest absolute Gasteiger partial charge is 0.507 e. The lowest BCUT2D eigenvalue weighted by molar-refractivity contribution is -0.121. The Morgan fingerprint density at radius 3 is 2.79 bits per heavy atom. The Balaban J connectivity index is 2.61. The van der Waals surface area contributed by atoms with Crippen molar-refractivity contribution in [2.24, 2.45) is 0 Å². The number of amides is 1. The van der Waals surface area contributed by atoms with Gasteiger partial charge in [0.15, 0.2) is 0 Å². The molecule has 0 heterocycles. The Kier molecular flexibility index (Phi) is 6.15. The van der Waals surface area contributed by atoms with E-state index in [4.69, 9.17) is 4.74 Å². The van der Waals surface area contributed by atoms with Crippen molar-refractivity contribution in [2.75, 3.05) is 27.2 Å². The molecule has 1 aromatic carbocycles. The predicted octanol–water partition coefficient (Wildman–Crippen LogP) is 1.36. The second-order valence-corrected chi connectivity index (χ2v) is 4.48. The molecule has 19 heavy (non-hydrogen) atoms. The average Bonchev–Trinajstić information content (AvgIpc) is 2.39. The molecular weight excluding hydrogens is 244 g/mol. The zero-order valence-electron chi connectivity index (χ0n) is 11.8. The molecule has 0 saturated carbocycles. The normalized spacial score (nSPS) is 10.5. The van der Waals surface area contributed by atoms with Gasteiger partial charge in [-0.1, -0.05) is 13.0 Å². The first-order valence-electron chi connectivity index (χ1n) is 6.40. The first-order chi connectivity index (χ1) is 9.06. The van der Waals surface area contributed by atoms with Gasteiger partial charge in [0.25, 0.3) is 0 Å². The van der Waals surface area contributed by atoms with Crippen LogP contribution in [-0.4, -0.2) is 43.2 Å². The van der Waals surface area contributed by atoms with Gasteiger partial charge in [-0.2, -0.15) is 0 Å². The number of phenolic OH excluding ortho intramolecular Hbond substituents is 1. The lowest BCUT2D eigenvalue weighted by Crippen LogP contribution is -2.32. The van der Waals surface area contributed by atoms with E-state index in [2.05, 4.69) is 5.32 Å². The van der Waals surface area contributed by atoms with E-state index in [0.717, 1.165) is 12.0 Å². The topological polar surface area (TPSA) is 61.8 Å². The molecule has 0 unspecified atom stereocenters. The minimum Gasteiger partial charge on any atom is -0.507 e. The summed E-state index contributed by atoms with van der Waals surface area (Å²) in [5, 5.41) is 12.5. The Morgan fingerprint density at radius 1 is 1.47 bits per heavy atom. The van der Waals surface area contributed by atoms with Crippen LogP contribution in [0.1, 0.15) is 18.9 Å². The van der Waals surface area contributed by atoms with Crippen LogP contribution in [0.3, 0.4) is 0 Å².